The van der Waals surface area contributed by atoms with Gasteiger partial charge in [0, 0.05) is 0 Å². The fourth-order valence-corrected chi connectivity index (χ4v) is 6.16. The molecule has 1 saturated heterocycles. The van der Waals surface area contributed by atoms with Crippen LogP contribution in [-0.2, 0) is 59.6 Å². The monoisotopic (exact) mass is 725 g/mol. The summed E-state index contributed by atoms with van der Waals surface area (Å²) in [5.74, 6) is -1.18. The Labute approximate surface area is 312 Å². The molecule has 10 nitrogen and oxygen atoms in total. The molecule has 53 heavy (non-hydrogen) atoms. The predicted octanol–water partition coefficient (Wildman–Crippen LogP) is 7.48. The summed E-state index contributed by atoms with van der Waals surface area (Å²) in [6, 6.07) is 38.2. The second-order valence-electron chi connectivity index (χ2n) is 14.1. The van der Waals surface area contributed by atoms with E-state index in [1.807, 2.05) is 121 Å². The molecule has 10 heteroatoms. The van der Waals surface area contributed by atoms with Crippen molar-refractivity contribution in [1.29, 1.82) is 0 Å². The number of carbonyl (C=O) groups is 2. The third-order valence-electron chi connectivity index (χ3n) is 8.71. The first-order valence-corrected chi connectivity index (χ1v) is 18.1. The van der Waals surface area contributed by atoms with Crippen LogP contribution in [0.1, 0.15) is 55.9 Å². The van der Waals surface area contributed by atoms with E-state index in [-0.39, 0.29) is 32.7 Å². The molecule has 282 valence electrons. The fraction of sp³-hybridized carbons (Fsp3) is 0.395. The molecule has 6 atom stereocenters. The quantitative estimate of drug-likeness (QED) is 0.108. The second-order valence-corrected chi connectivity index (χ2v) is 14.1. The van der Waals surface area contributed by atoms with E-state index in [9.17, 15) is 14.7 Å². The number of aliphatic carboxylic acids is 1. The summed E-state index contributed by atoms with van der Waals surface area (Å²) in [7, 11) is 0. The minimum atomic E-state index is -1.23. The molecule has 5 rings (SSSR count). The molecule has 1 amide bonds. The SMILES string of the molecule is CC(C)(C)OC(=O)N[C@@H](CC[C@H]1O[C@H](COCc2ccccc2)[C@H](OCc2ccccc2)[C@H](OCc2ccccc2)[C@H]1OCc1ccccc1)C(=O)O. The zero-order valence-electron chi connectivity index (χ0n) is 30.7. The maximum Gasteiger partial charge on any atom is 0.408 e. The Bertz CT molecular complexity index is 1650. The van der Waals surface area contributed by atoms with Crippen LogP contribution in [-0.4, -0.2) is 65.9 Å². The number of hydrogen-bond donors (Lipinski definition) is 2. The van der Waals surface area contributed by atoms with Gasteiger partial charge in [0.25, 0.3) is 0 Å². The highest BCUT2D eigenvalue weighted by Gasteiger charge is 2.48. The van der Waals surface area contributed by atoms with Gasteiger partial charge in [-0.15, -0.1) is 0 Å². The Balaban J connectivity index is 1.45. The molecule has 1 fully saturated rings. The molecule has 0 aliphatic carbocycles. The van der Waals surface area contributed by atoms with Crippen molar-refractivity contribution in [1.82, 2.24) is 5.32 Å². The van der Waals surface area contributed by atoms with Crippen LogP contribution in [0.25, 0.3) is 0 Å². The van der Waals surface area contributed by atoms with Crippen molar-refractivity contribution >= 4 is 12.1 Å². The average Bonchev–Trinajstić information content (AvgIpc) is 3.15. The van der Waals surface area contributed by atoms with Gasteiger partial charge in [0.15, 0.2) is 0 Å². The Morgan fingerprint density at radius 2 is 1.06 bits per heavy atom. The van der Waals surface area contributed by atoms with E-state index in [1.54, 1.807) is 20.8 Å². The van der Waals surface area contributed by atoms with Crippen LogP contribution in [0.4, 0.5) is 4.79 Å². The van der Waals surface area contributed by atoms with E-state index in [0.717, 1.165) is 22.3 Å². The molecule has 1 heterocycles. The van der Waals surface area contributed by atoms with Crippen molar-refractivity contribution in [3.63, 3.8) is 0 Å². The fourth-order valence-electron chi connectivity index (χ4n) is 6.16. The molecule has 0 aromatic heterocycles. The molecule has 1 aliphatic rings. The van der Waals surface area contributed by atoms with Gasteiger partial charge < -0.3 is 38.8 Å². The van der Waals surface area contributed by atoms with Crippen LogP contribution in [0.2, 0.25) is 0 Å². The van der Waals surface area contributed by atoms with Crippen LogP contribution in [0.15, 0.2) is 121 Å². The van der Waals surface area contributed by atoms with Crippen molar-refractivity contribution in [2.24, 2.45) is 0 Å². The second kappa shape index (κ2) is 20.0. The Hall–Kier alpha value is -4.58. The maximum absolute atomic E-state index is 12.6. The lowest BCUT2D eigenvalue weighted by atomic mass is 9.90. The number of carboxylic acids is 1. The molecule has 1 aliphatic heterocycles. The van der Waals surface area contributed by atoms with Crippen LogP contribution >= 0.6 is 0 Å². The van der Waals surface area contributed by atoms with Gasteiger partial charge in [-0.2, -0.15) is 0 Å². The lowest BCUT2D eigenvalue weighted by molar-refractivity contribution is -0.273. The number of nitrogens with one attached hydrogen (secondary N) is 1. The highest BCUT2D eigenvalue weighted by atomic mass is 16.6. The molecule has 0 bridgehead atoms. The van der Waals surface area contributed by atoms with Gasteiger partial charge in [0.2, 0.25) is 0 Å². The zero-order valence-corrected chi connectivity index (χ0v) is 30.7. The minimum absolute atomic E-state index is 0.0446. The van der Waals surface area contributed by atoms with E-state index in [1.165, 1.54) is 0 Å². The first-order chi connectivity index (χ1) is 25.6. The summed E-state index contributed by atoms with van der Waals surface area (Å²) < 4.78 is 38.6. The van der Waals surface area contributed by atoms with E-state index >= 15 is 0 Å². The normalized spacial score (nSPS) is 20.7. The zero-order chi connectivity index (χ0) is 37.5. The smallest absolute Gasteiger partial charge is 0.408 e. The molecular formula is C43H51NO9. The van der Waals surface area contributed by atoms with Gasteiger partial charge in [-0.25, -0.2) is 9.59 Å². The first kappa shape index (κ1) is 39.6. The Morgan fingerprint density at radius 3 is 1.49 bits per heavy atom. The van der Waals surface area contributed by atoms with Crippen molar-refractivity contribution in [3.8, 4) is 0 Å². The topological polar surface area (TPSA) is 122 Å². The van der Waals surface area contributed by atoms with Gasteiger partial charge in [-0.05, 0) is 55.9 Å². The highest BCUT2D eigenvalue weighted by Crippen LogP contribution is 2.33. The van der Waals surface area contributed by atoms with E-state index in [2.05, 4.69) is 5.32 Å². The Morgan fingerprint density at radius 1 is 0.642 bits per heavy atom. The van der Waals surface area contributed by atoms with Crippen LogP contribution in [0, 0.1) is 0 Å². The summed E-state index contributed by atoms with van der Waals surface area (Å²) in [6.45, 7) is 6.55. The summed E-state index contributed by atoms with van der Waals surface area (Å²) in [6.07, 6.45) is -3.75. The largest absolute Gasteiger partial charge is 0.480 e. The number of carboxylic acid groups (broad SMARTS) is 1. The summed E-state index contributed by atoms with van der Waals surface area (Å²) in [5, 5.41) is 12.6. The van der Waals surface area contributed by atoms with Crippen molar-refractivity contribution < 1.29 is 43.1 Å². The van der Waals surface area contributed by atoms with Gasteiger partial charge >= 0.3 is 12.1 Å². The number of hydrogen-bond acceptors (Lipinski definition) is 8. The average molecular weight is 726 g/mol. The first-order valence-electron chi connectivity index (χ1n) is 18.1. The van der Waals surface area contributed by atoms with Crippen molar-refractivity contribution in [2.75, 3.05) is 6.61 Å². The number of amides is 1. The third kappa shape index (κ3) is 13.1. The lowest BCUT2D eigenvalue weighted by Crippen LogP contribution is -2.61. The van der Waals surface area contributed by atoms with Gasteiger partial charge in [-0.3, -0.25) is 0 Å². The van der Waals surface area contributed by atoms with Crippen LogP contribution < -0.4 is 5.32 Å². The molecule has 4 aromatic rings. The summed E-state index contributed by atoms with van der Waals surface area (Å²) in [4.78, 5) is 25.0. The predicted molar refractivity (Wildman–Crippen MR) is 200 cm³/mol. The number of rotatable bonds is 18. The Kier molecular flexibility index (Phi) is 15.0. The molecule has 0 spiro atoms. The summed E-state index contributed by atoms with van der Waals surface area (Å²) in [5.41, 5.74) is 3.14. The highest BCUT2D eigenvalue weighted by molar-refractivity contribution is 5.79. The van der Waals surface area contributed by atoms with E-state index < -0.39 is 54.2 Å². The molecular weight excluding hydrogens is 674 g/mol. The van der Waals surface area contributed by atoms with Gasteiger partial charge in [0.1, 0.15) is 36.1 Å². The van der Waals surface area contributed by atoms with Crippen molar-refractivity contribution in [2.45, 2.75) is 102 Å². The lowest BCUT2D eigenvalue weighted by Gasteiger charge is -2.46. The van der Waals surface area contributed by atoms with Crippen LogP contribution in [0.5, 0.6) is 0 Å². The minimum Gasteiger partial charge on any atom is -0.480 e. The third-order valence-corrected chi connectivity index (χ3v) is 8.71. The molecule has 0 saturated carbocycles. The van der Waals surface area contributed by atoms with Crippen LogP contribution in [0.3, 0.4) is 0 Å². The molecule has 0 radical (unpaired) electrons. The standard InChI is InChI=1S/C43H51NO9/c1-43(2,3)53-42(47)44-35(41(45)46)24-25-36-38(49-27-32-18-10-5-11-19-32)40(51-29-34-22-14-7-15-23-34)39(50-28-33-20-12-6-13-21-33)37(52-36)30-48-26-31-16-8-4-9-17-31/h4-23,35-40H,24-30H2,1-3H3,(H,44,47)(H,45,46)/t35-,36+,37+,38-,39-,40+/m0/s1. The number of ether oxygens (including phenoxy) is 6. The number of carbonyl (C=O) groups excluding carboxylic acids is 1. The molecule has 0 unspecified atom stereocenters. The van der Waals surface area contributed by atoms with E-state index in [0.29, 0.717) is 13.2 Å². The number of alkyl carbamates (subject to hydrolysis) is 1. The molecule has 2 N–H and O–H groups in total. The molecule has 4 aromatic carbocycles. The number of benzene rings is 4. The van der Waals surface area contributed by atoms with Gasteiger partial charge in [-0.1, -0.05) is 121 Å². The van der Waals surface area contributed by atoms with Crippen molar-refractivity contribution in [3.05, 3.63) is 144 Å². The maximum atomic E-state index is 12.6. The summed E-state index contributed by atoms with van der Waals surface area (Å²) >= 11 is 0. The van der Waals surface area contributed by atoms with E-state index in [4.69, 9.17) is 28.4 Å². The van der Waals surface area contributed by atoms with Gasteiger partial charge in [0.05, 0.1) is 39.1 Å².